The Morgan fingerprint density at radius 3 is 2.36 bits per heavy atom. The van der Waals surface area contributed by atoms with Gasteiger partial charge in [0.15, 0.2) is 12.4 Å². The molecule has 0 aromatic heterocycles. The zero-order valence-corrected chi connectivity index (χ0v) is 15.9. The number of carbonyl (C=O) groups excluding carboxylic acids is 2. The number of ketones is 1. The van der Waals surface area contributed by atoms with E-state index in [9.17, 15) is 9.59 Å². The van der Waals surface area contributed by atoms with Gasteiger partial charge in [0, 0.05) is 15.1 Å². The third-order valence-electron chi connectivity index (χ3n) is 3.49. The Labute approximate surface area is 161 Å². The summed E-state index contributed by atoms with van der Waals surface area (Å²) in [4.78, 5) is 23.7. The van der Waals surface area contributed by atoms with Crippen molar-refractivity contribution in [3.05, 3.63) is 62.6 Å². The molecule has 25 heavy (non-hydrogen) atoms. The highest BCUT2D eigenvalue weighted by molar-refractivity contribution is 6.35. The number of amides is 1. The van der Waals surface area contributed by atoms with E-state index in [1.54, 1.807) is 37.3 Å². The Kier molecular flexibility index (Phi) is 6.71. The van der Waals surface area contributed by atoms with Gasteiger partial charge < -0.3 is 10.1 Å². The average Bonchev–Trinajstić information content (AvgIpc) is 2.53. The van der Waals surface area contributed by atoms with E-state index in [4.69, 9.17) is 39.5 Å². The Balaban J connectivity index is 2.00. The lowest BCUT2D eigenvalue weighted by Gasteiger charge is -2.16. The van der Waals surface area contributed by atoms with Crippen LogP contribution in [0.1, 0.15) is 35.8 Å². The van der Waals surface area contributed by atoms with Crippen LogP contribution in [0.2, 0.25) is 15.1 Å². The second kappa shape index (κ2) is 8.56. The molecule has 0 aliphatic heterocycles. The molecule has 0 unspecified atom stereocenters. The number of carbonyl (C=O) groups is 2. The minimum absolute atomic E-state index is 0.195. The molecule has 4 nitrogen and oxygen atoms in total. The zero-order chi connectivity index (χ0) is 18.6. The van der Waals surface area contributed by atoms with E-state index in [-0.39, 0.29) is 24.3 Å². The maximum absolute atomic E-state index is 12.1. The number of Topliss-reactive ketones (excluding diaryl/α,β-unsaturated/α-hetero) is 1. The van der Waals surface area contributed by atoms with Gasteiger partial charge in [0.1, 0.15) is 5.75 Å². The first-order chi connectivity index (χ1) is 11.8. The number of halogens is 3. The van der Waals surface area contributed by atoms with Gasteiger partial charge in [-0.2, -0.15) is 0 Å². The Morgan fingerprint density at radius 2 is 1.72 bits per heavy atom. The number of nitrogens with one attached hydrogen (secondary N) is 1. The van der Waals surface area contributed by atoms with Crippen molar-refractivity contribution in [2.24, 2.45) is 0 Å². The van der Waals surface area contributed by atoms with E-state index in [0.29, 0.717) is 26.4 Å². The minimum Gasteiger partial charge on any atom is -0.483 e. The van der Waals surface area contributed by atoms with Gasteiger partial charge in [-0.3, -0.25) is 9.59 Å². The van der Waals surface area contributed by atoms with Gasteiger partial charge in [-0.15, -0.1) is 0 Å². The second-order valence-corrected chi connectivity index (χ2v) is 6.72. The molecule has 0 saturated carbocycles. The van der Waals surface area contributed by atoms with Crippen LogP contribution in [-0.2, 0) is 4.79 Å². The van der Waals surface area contributed by atoms with Gasteiger partial charge in [0.2, 0.25) is 0 Å². The van der Waals surface area contributed by atoms with E-state index in [1.165, 1.54) is 13.0 Å². The van der Waals surface area contributed by atoms with Gasteiger partial charge >= 0.3 is 0 Å². The monoisotopic (exact) mass is 399 g/mol. The minimum atomic E-state index is -0.344. The molecule has 1 N–H and O–H groups in total. The third kappa shape index (κ3) is 5.36. The summed E-state index contributed by atoms with van der Waals surface area (Å²) in [6.45, 7) is 2.97. The lowest BCUT2D eigenvalue weighted by molar-refractivity contribution is -0.123. The summed E-state index contributed by atoms with van der Waals surface area (Å²) in [5.41, 5.74) is 1.07. The standard InChI is InChI=1S/C18H16Cl3NO3/c1-10(14-5-3-13(20)8-16(14)21)22-18(24)9-25-17-6-4-12(19)7-15(17)11(2)23/h3-8,10H,9H2,1-2H3,(H,22,24)/t10-/m1/s1. The predicted molar refractivity (Wildman–Crippen MR) is 100.0 cm³/mol. The molecule has 0 heterocycles. The van der Waals surface area contributed by atoms with Crippen LogP contribution in [0.5, 0.6) is 5.75 Å². The average molecular weight is 401 g/mol. The molecule has 1 atom stereocenters. The molecule has 2 aromatic carbocycles. The SMILES string of the molecule is CC(=O)c1cc(Cl)ccc1OCC(=O)N[C@H](C)c1ccc(Cl)cc1Cl. The van der Waals surface area contributed by atoms with Crippen molar-refractivity contribution in [1.29, 1.82) is 0 Å². The molecule has 2 aromatic rings. The second-order valence-electron chi connectivity index (χ2n) is 5.44. The maximum Gasteiger partial charge on any atom is 0.258 e. The van der Waals surface area contributed by atoms with E-state index >= 15 is 0 Å². The van der Waals surface area contributed by atoms with Crippen molar-refractivity contribution >= 4 is 46.5 Å². The normalized spacial score (nSPS) is 11.7. The first-order valence-corrected chi connectivity index (χ1v) is 8.59. The van der Waals surface area contributed by atoms with Crippen molar-refractivity contribution in [3.63, 3.8) is 0 Å². The lowest BCUT2D eigenvalue weighted by Crippen LogP contribution is -2.31. The first kappa shape index (κ1) is 19.6. The first-order valence-electron chi connectivity index (χ1n) is 7.45. The molecule has 0 spiro atoms. The van der Waals surface area contributed by atoms with Crippen LogP contribution in [0.15, 0.2) is 36.4 Å². The Hall–Kier alpha value is -1.75. The van der Waals surface area contributed by atoms with Crippen molar-refractivity contribution in [2.45, 2.75) is 19.9 Å². The van der Waals surface area contributed by atoms with Crippen molar-refractivity contribution in [1.82, 2.24) is 5.32 Å². The van der Waals surface area contributed by atoms with E-state index < -0.39 is 0 Å². The third-order valence-corrected chi connectivity index (χ3v) is 4.28. The topological polar surface area (TPSA) is 55.4 Å². The fourth-order valence-electron chi connectivity index (χ4n) is 2.26. The zero-order valence-electron chi connectivity index (χ0n) is 13.6. The fraction of sp³-hybridized carbons (Fsp3) is 0.222. The largest absolute Gasteiger partial charge is 0.483 e. The Morgan fingerprint density at radius 1 is 1.08 bits per heavy atom. The van der Waals surface area contributed by atoms with Gasteiger partial charge in [-0.05, 0) is 49.7 Å². The summed E-state index contributed by atoms with van der Waals surface area (Å²) in [5, 5.41) is 4.20. The number of hydrogen-bond acceptors (Lipinski definition) is 3. The molecule has 2 rings (SSSR count). The molecule has 1 amide bonds. The van der Waals surface area contributed by atoms with Crippen LogP contribution in [0.3, 0.4) is 0 Å². The summed E-state index contributed by atoms with van der Waals surface area (Å²) in [6, 6.07) is 9.41. The molecule has 0 aliphatic rings. The van der Waals surface area contributed by atoms with Crippen LogP contribution in [-0.4, -0.2) is 18.3 Å². The number of ether oxygens (including phenoxy) is 1. The highest BCUT2D eigenvalue weighted by Gasteiger charge is 2.15. The summed E-state index contributed by atoms with van der Waals surface area (Å²) in [5.74, 6) is -0.230. The van der Waals surface area contributed by atoms with E-state index in [2.05, 4.69) is 5.32 Å². The van der Waals surface area contributed by atoms with Crippen LogP contribution < -0.4 is 10.1 Å². The lowest BCUT2D eigenvalue weighted by atomic mass is 10.1. The summed E-state index contributed by atoms with van der Waals surface area (Å²) in [6.07, 6.45) is 0. The highest BCUT2D eigenvalue weighted by atomic mass is 35.5. The molecular weight excluding hydrogens is 385 g/mol. The van der Waals surface area contributed by atoms with Crippen LogP contribution in [0, 0.1) is 0 Å². The van der Waals surface area contributed by atoms with Gasteiger partial charge in [-0.25, -0.2) is 0 Å². The smallest absolute Gasteiger partial charge is 0.258 e. The van der Waals surface area contributed by atoms with Gasteiger partial charge in [0.05, 0.1) is 11.6 Å². The quantitative estimate of drug-likeness (QED) is 0.686. The molecule has 0 fully saturated rings. The summed E-state index contributed by atoms with van der Waals surface area (Å²) in [7, 11) is 0. The van der Waals surface area contributed by atoms with Crippen molar-refractivity contribution in [2.75, 3.05) is 6.61 Å². The molecule has 132 valence electrons. The summed E-state index contributed by atoms with van der Waals surface area (Å²) < 4.78 is 5.46. The van der Waals surface area contributed by atoms with Crippen molar-refractivity contribution in [3.8, 4) is 5.75 Å². The van der Waals surface area contributed by atoms with Crippen LogP contribution in [0.4, 0.5) is 0 Å². The molecule has 0 radical (unpaired) electrons. The highest BCUT2D eigenvalue weighted by Crippen LogP contribution is 2.26. The maximum atomic E-state index is 12.1. The predicted octanol–water partition coefficient (Wildman–Crippen LogP) is 5.11. The van der Waals surface area contributed by atoms with Gasteiger partial charge in [-0.1, -0.05) is 40.9 Å². The molecule has 7 heteroatoms. The molecule has 0 aliphatic carbocycles. The molecular formula is C18H16Cl3NO3. The fourth-order valence-corrected chi connectivity index (χ4v) is 3.00. The number of hydrogen-bond donors (Lipinski definition) is 1. The van der Waals surface area contributed by atoms with Crippen molar-refractivity contribution < 1.29 is 14.3 Å². The van der Waals surface area contributed by atoms with Crippen LogP contribution >= 0.6 is 34.8 Å². The molecule has 0 bridgehead atoms. The summed E-state index contributed by atoms with van der Waals surface area (Å²) >= 11 is 17.9. The molecule has 0 saturated heterocycles. The number of rotatable bonds is 6. The number of benzene rings is 2. The van der Waals surface area contributed by atoms with E-state index in [0.717, 1.165) is 5.56 Å². The van der Waals surface area contributed by atoms with E-state index in [1.807, 2.05) is 0 Å². The van der Waals surface area contributed by atoms with Crippen LogP contribution in [0.25, 0.3) is 0 Å². The Bertz CT molecular complexity index is 808. The van der Waals surface area contributed by atoms with Gasteiger partial charge in [0.25, 0.3) is 5.91 Å².